The maximum absolute atomic E-state index is 12.2. The lowest BCUT2D eigenvalue weighted by atomic mass is 10.1. The number of nitrogen functional groups attached to an aromatic ring is 1. The number of hydrogen-bond donors (Lipinski definition) is 1. The lowest BCUT2D eigenvalue weighted by molar-refractivity contribution is 0.0748. The number of amides is 1. The summed E-state index contributed by atoms with van der Waals surface area (Å²) in [4.78, 5) is 14.1. The molecule has 1 saturated heterocycles. The molecule has 17 heavy (non-hydrogen) atoms. The summed E-state index contributed by atoms with van der Waals surface area (Å²) in [6.07, 6.45) is 2.17. The van der Waals surface area contributed by atoms with Crippen LogP contribution in [0.2, 0.25) is 0 Å². The summed E-state index contributed by atoms with van der Waals surface area (Å²) >= 11 is 3.34. The fourth-order valence-electron chi connectivity index (χ4n) is 2.12. The molecule has 1 atom stereocenters. The number of carbonyl (C=O) groups is 1. The molecule has 0 aliphatic carbocycles. The number of benzene rings is 1. The van der Waals surface area contributed by atoms with Crippen molar-refractivity contribution in [3.63, 3.8) is 0 Å². The van der Waals surface area contributed by atoms with E-state index in [0.29, 0.717) is 17.3 Å². The molecule has 1 unspecified atom stereocenters. The Hall–Kier alpha value is -0.740. The Morgan fingerprint density at radius 1 is 1.53 bits per heavy atom. The average molecular weight is 320 g/mol. The molecule has 0 saturated carbocycles. The van der Waals surface area contributed by atoms with Gasteiger partial charge in [0.05, 0.1) is 5.56 Å². The highest BCUT2D eigenvalue weighted by Gasteiger charge is 2.26. The monoisotopic (exact) mass is 318 g/mol. The number of anilines is 1. The first-order valence-corrected chi connectivity index (χ1v) is 6.25. The molecule has 2 N–H and O–H groups in total. The van der Waals surface area contributed by atoms with Gasteiger partial charge in [-0.3, -0.25) is 4.79 Å². The number of nitrogens with zero attached hydrogens (tertiary/aromatic N) is 1. The number of halogens is 2. The maximum Gasteiger partial charge on any atom is 0.256 e. The Labute approximate surface area is 116 Å². The molecule has 1 amide bonds. The molecule has 0 bridgehead atoms. The number of nitrogens with two attached hydrogens (primary N) is 1. The van der Waals surface area contributed by atoms with E-state index in [0.717, 1.165) is 23.9 Å². The summed E-state index contributed by atoms with van der Waals surface area (Å²) in [6.45, 7) is 2.93. The quantitative estimate of drug-likeness (QED) is 0.809. The van der Waals surface area contributed by atoms with E-state index in [1.807, 2.05) is 11.0 Å². The minimum Gasteiger partial charge on any atom is -0.398 e. The summed E-state index contributed by atoms with van der Waals surface area (Å²) in [5, 5.41) is 0. The van der Waals surface area contributed by atoms with Crippen molar-refractivity contribution < 1.29 is 4.79 Å². The summed E-state index contributed by atoms with van der Waals surface area (Å²) in [7, 11) is 0. The molecule has 1 heterocycles. The van der Waals surface area contributed by atoms with Crippen LogP contribution >= 0.6 is 28.3 Å². The minimum atomic E-state index is 0. The van der Waals surface area contributed by atoms with Gasteiger partial charge in [0.1, 0.15) is 0 Å². The fourth-order valence-corrected chi connectivity index (χ4v) is 2.50. The molecular weight excluding hydrogens is 304 g/mol. The Bertz CT molecular complexity index is 425. The molecule has 5 heteroatoms. The lowest BCUT2D eigenvalue weighted by Crippen LogP contribution is -2.34. The molecular formula is C12H16BrClN2O. The molecule has 1 aromatic rings. The van der Waals surface area contributed by atoms with Gasteiger partial charge in [0, 0.05) is 22.7 Å². The van der Waals surface area contributed by atoms with Gasteiger partial charge >= 0.3 is 0 Å². The van der Waals surface area contributed by atoms with Crippen molar-refractivity contribution in [3.8, 4) is 0 Å². The van der Waals surface area contributed by atoms with Crippen LogP contribution in [-0.4, -0.2) is 23.4 Å². The highest BCUT2D eigenvalue weighted by atomic mass is 79.9. The first kappa shape index (κ1) is 14.3. The Morgan fingerprint density at radius 2 is 2.24 bits per heavy atom. The first-order valence-electron chi connectivity index (χ1n) is 5.45. The molecule has 1 aliphatic heterocycles. The zero-order chi connectivity index (χ0) is 11.7. The van der Waals surface area contributed by atoms with Crippen LogP contribution in [0.25, 0.3) is 0 Å². The smallest absolute Gasteiger partial charge is 0.256 e. The van der Waals surface area contributed by atoms with E-state index < -0.39 is 0 Å². The van der Waals surface area contributed by atoms with Crippen molar-refractivity contribution >= 4 is 39.9 Å². The van der Waals surface area contributed by atoms with Crippen LogP contribution in [-0.2, 0) is 0 Å². The summed E-state index contributed by atoms with van der Waals surface area (Å²) in [5.74, 6) is 0.0509. The minimum absolute atomic E-state index is 0. The van der Waals surface area contributed by atoms with Gasteiger partial charge in [-0.1, -0.05) is 15.9 Å². The lowest BCUT2D eigenvalue weighted by Gasteiger charge is -2.22. The molecule has 94 valence electrons. The molecule has 2 rings (SSSR count). The summed E-state index contributed by atoms with van der Waals surface area (Å²) in [6, 6.07) is 5.74. The van der Waals surface area contributed by atoms with Gasteiger partial charge in [-0.25, -0.2) is 0 Å². The van der Waals surface area contributed by atoms with Crippen molar-refractivity contribution in [2.24, 2.45) is 0 Å². The second kappa shape index (κ2) is 5.74. The Kier molecular flexibility index (Phi) is 4.83. The van der Waals surface area contributed by atoms with Crippen LogP contribution in [0, 0.1) is 0 Å². The number of likely N-dealkylation sites (tertiary alicyclic amines) is 1. The SMILES string of the molecule is CC1CCCN1C(=O)c1ccc(Br)cc1N.Cl. The standard InChI is InChI=1S/C12H15BrN2O.ClH/c1-8-3-2-6-15(8)12(16)10-5-4-9(13)7-11(10)14;/h4-5,7-8H,2-3,6,14H2,1H3;1H. The normalized spacial score (nSPS) is 18.9. The Balaban J connectivity index is 0.00000144. The zero-order valence-corrected chi connectivity index (χ0v) is 12.1. The van der Waals surface area contributed by atoms with Crippen molar-refractivity contribution in [2.45, 2.75) is 25.8 Å². The van der Waals surface area contributed by atoms with Crippen molar-refractivity contribution in [1.82, 2.24) is 4.90 Å². The molecule has 0 aromatic heterocycles. The second-order valence-electron chi connectivity index (χ2n) is 4.22. The van der Waals surface area contributed by atoms with E-state index in [1.54, 1.807) is 12.1 Å². The van der Waals surface area contributed by atoms with E-state index in [2.05, 4.69) is 22.9 Å². The van der Waals surface area contributed by atoms with Crippen LogP contribution in [0.3, 0.4) is 0 Å². The van der Waals surface area contributed by atoms with Crippen LogP contribution in [0.4, 0.5) is 5.69 Å². The molecule has 0 radical (unpaired) electrons. The van der Waals surface area contributed by atoms with Gasteiger partial charge < -0.3 is 10.6 Å². The highest BCUT2D eigenvalue weighted by molar-refractivity contribution is 9.10. The zero-order valence-electron chi connectivity index (χ0n) is 9.65. The maximum atomic E-state index is 12.2. The predicted molar refractivity (Wildman–Crippen MR) is 75.5 cm³/mol. The average Bonchev–Trinajstić information content (AvgIpc) is 2.63. The fraction of sp³-hybridized carbons (Fsp3) is 0.417. The van der Waals surface area contributed by atoms with Gasteiger partial charge in [0.25, 0.3) is 5.91 Å². The van der Waals surface area contributed by atoms with Crippen molar-refractivity contribution in [1.29, 1.82) is 0 Å². The third-order valence-electron chi connectivity index (χ3n) is 3.06. The van der Waals surface area contributed by atoms with E-state index in [9.17, 15) is 4.79 Å². The second-order valence-corrected chi connectivity index (χ2v) is 5.14. The van der Waals surface area contributed by atoms with E-state index >= 15 is 0 Å². The number of carbonyl (C=O) groups excluding carboxylic acids is 1. The van der Waals surface area contributed by atoms with Crippen LogP contribution < -0.4 is 5.73 Å². The third-order valence-corrected chi connectivity index (χ3v) is 3.55. The molecule has 3 nitrogen and oxygen atoms in total. The number of rotatable bonds is 1. The van der Waals surface area contributed by atoms with Crippen LogP contribution in [0.15, 0.2) is 22.7 Å². The first-order chi connectivity index (χ1) is 7.59. The largest absolute Gasteiger partial charge is 0.398 e. The van der Waals surface area contributed by atoms with Gasteiger partial charge in [0.2, 0.25) is 0 Å². The van der Waals surface area contributed by atoms with Gasteiger partial charge in [0.15, 0.2) is 0 Å². The van der Waals surface area contributed by atoms with E-state index in [4.69, 9.17) is 5.73 Å². The van der Waals surface area contributed by atoms with E-state index in [1.165, 1.54) is 0 Å². The summed E-state index contributed by atoms with van der Waals surface area (Å²) in [5.41, 5.74) is 7.01. The topological polar surface area (TPSA) is 46.3 Å². The van der Waals surface area contributed by atoms with Crippen LogP contribution in [0.1, 0.15) is 30.1 Å². The Morgan fingerprint density at radius 3 is 2.76 bits per heavy atom. The molecule has 1 fully saturated rings. The molecule has 1 aromatic carbocycles. The van der Waals surface area contributed by atoms with E-state index in [-0.39, 0.29) is 18.3 Å². The van der Waals surface area contributed by atoms with Gasteiger partial charge in [-0.2, -0.15) is 0 Å². The van der Waals surface area contributed by atoms with Gasteiger partial charge in [-0.05, 0) is 38.0 Å². The van der Waals surface area contributed by atoms with Crippen molar-refractivity contribution in [2.75, 3.05) is 12.3 Å². The number of hydrogen-bond acceptors (Lipinski definition) is 2. The van der Waals surface area contributed by atoms with Gasteiger partial charge in [-0.15, -0.1) is 12.4 Å². The highest BCUT2D eigenvalue weighted by Crippen LogP contribution is 2.24. The molecule has 0 spiro atoms. The van der Waals surface area contributed by atoms with Crippen LogP contribution in [0.5, 0.6) is 0 Å². The summed E-state index contributed by atoms with van der Waals surface area (Å²) < 4.78 is 0.899. The third kappa shape index (κ3) is 2.93. The van der Waals surface area contributed by atoms with Crippen molar-refractivity contribution in [3.05, 3.63) is 28.2 Å². The molecule has 1 aliphatic rings. The predicted octanol–water partition coefficient (Wildman–Crippen LogP) is 3.08.